The molecular weight excluding hydrogens is 176 g/mol. The van der Waals surface area contributed by atoms with Gasteiger partial charge in [0.2, 0.25) is 0 Å². The summed E-state index contributed by atoms with van der Waals surface area (Å²) in [7, 11) is 5.44. The average molecular weight is 189 g/mol. The van der Waals surface area contributed by atoms with Gasteiger partial charge in [0.05, 0.1) is 0 Å². The Morgan fingerprint density at radius 2 is 1.50 bits per heavy atom. The summed E-state index contributed by atoms with van der Waals surface area (Å²) in [5.74, 6) is 0. The van der Waals surface area contributed by atoms with Crippen molar-refractivity contribution in [3.8, 4) is 0 Å². The van der Waals surface area contributed by atoms with Gasteiger partial charge < -0.3 is 16.7 Å². The smallest absolute Gasteiger partial charge is 0.113 e. The number of hydrogen-bond donors (Lipinski definition) is 1. The molecule has 0 saturated carbocycles. The molecular formula is C7H13BClNO2. The summed E-state index contributed by atoms with van der Waals surface area (Å²) in [4.78, 5) is 0. The molecule has 12 heavy (non-hydrogen) atoms. The SMILES string of the molecule is Cl.O.O.[B]c1ccc(CN)cc1. The van der Waals surface area contributed by atoms with Gasteiger partial charge >= 0.3 is 0 Å². The molecule has 0 bridgehead atoms. The van der Waals surface area contributed by atoms with Gasteiger partial charge in [-0.25, -0.2) is 0 Å². The highest BCUT2D eigenvalue weighted by Gasteiger charge is 1.84. The van der Waals surface area contributed by atoms with Gasteiger partial charge in [0, 0.05) is 6.54 Å². The molecule has 0 aliphatic heterocycles. The molecule has 5 heteroatoms. The maximum absolute atomic E-state index is 5.44. The maximum Gasteiger partial charge on any atom is 0.113 e. The van der Waals surface area contributed by atoms with Crippen molar-refractivity contribution >= 4 is 25.7 Å². The number of halogens is 1. The highest BCUT2D eigenvalue weighted by Crippen LogP contribution is 1.92. The molecule has 0 spiro atoms. The minimum atomic E-state index is 0. The summed E-state index contributed by atoms with van der Waals surface area (Å²) in [6.45, 7) is 0.584. The third-order valence-corrected chi connectivity index (χ3v) is 1.22. The average Bonchev–Trinajstić information content (AvgIpc) is 1.90. The van der Waals surface area contributed by atoms with Crippen LogP contribution in [-0.2, 0) is 6.54 Å². The van der Waals surface area contributed by atoms with Crippen molar-refractivity contribution in [2.75, 3.05) is 0 Å². The first-order chi connectivity index (χ1) is 4.33. The summed E-state index contributed by atoms with van der Waals surface area (Å²) < 4.78 is 0. The highest BCUT2D eigenvalue weighted by molar-refractivity contribution is 6.32. The predicted octanol–water partition coefficient (Wildman–Crippen LogP) is -1.29. The van der Waals surface area contributed by atoms with E-state index in [0.29, 0.717) is 6.54 Å². The minimum absolute atomic E-state index is 0. The van der Waals surface area contributed by atoms with Crippen LogP contribution < -0.4 is 11.2 Å². The van der Waals surface area contributed by atoms with Gasteiger partial charge in [-0.3, -0.25) is 0 Å². The molecule has 1 aromatic rings. The molecule has 2 radical (unpaired) electrons. The quantitative estimate of drug-likeness (QED) is 0.548. The van der Waals surface area contributed by atoms with Gasteiger partial charge in [-0.1, -0.05) is 29.7 Å². The Morgan fingerprint density at radius 3 is 1.83 bits per heavy atom. The molecule has 0 saturated heterocycles. The second kappa shape index (κ2) is 8.55. The van der Waals surface area contributed by atoms with Crippen molar-refractivity contribution in [1.82, 2.24) is 0 Å². The Morgan fingerprint density at radius 1 is 1.08 bits per heavy atom. The second-order valence-electron chi connectivity index (χ2n) is 1.95. The molecule has 0 atom stereocenters. The lowest BCUT2D eigenvalue weighted by atomic mass is 9.95. The largest absolute Gasteiger partial charge is 0.412 e. The first-order valence-electron chi connectivity index (χ1n) is 2.87. The lowest BCUT2D eigenvalue weighted by Crippen LogP contribution is -2.02. The van der Waals surface area contributed by atoms with E-state index in [2.05, 4.69) is 0 Å². The fourth-order valence-electron chi connectivity index (χ4n) is 0.654. The van der Waals surface area contributed by atoms with Crippen LogP contribution >= 0.6 is 12.4 Å². The predicted molar refractivity (Wildman–Crippen MR) is 54.2 cm³/mol. The van der Waals surface area contributed by atoms with Crippen molar-refractivity contribution in [2.24, 2.45) is 5.73 Å². The van der Waals surface area contributed by atoms with E-state index in [1.165, 1.54) is 0 Å². The molecule has 0 aliphatic carbocycles. The first kappa shape index (κ1) is 17.5. The fraction of sp³-hybridized carbons (Fsp3) is 0.143. The van der Waals surface area contributed by atoms with Crippen molar-refractivity contribution in [1.29, 1.82) is 0 Å². The Bertz CT molecular complexity index is 193. The third-order valence-electron chi connectivity index (χ3n) is 1.22. The summed E-state index contributed by atoms with van der Waals surface area (Å²) in [5, 5.41) is 0. The lowest BCUT2D eigenvalue weighted by Gasteiger charge is -1.94. The van der Waals surface area contributed by atoms with Gasteiger partial charge in [-0.15, -0.1) is 12.4 Å². The van der Waals surface area contributed by atoms with Gasteiger partial charge in [0.1, 0.15) is 7.85 Å². The Hall–Kier alpha value is -0.545. The van der Waals surface area contributed by atoms with E-state index in [0.717, 1.165) is 11.0 Å². The zero-order valence-electron chi connectivity index (χ0n) is 6.58. The van der Waals surface area contributed by atoms with Crippen LogP contribution in [0.4, 0.5) is 0 Å². The molecule has 1 aromatic carbocycles. The van der Waals surface area contributed by atoms with E-state index in [1.807, 2.05) is 24.3 Å². The van der Waals surface area contributed by atoms with E-state index in [4.69, 9.17) is 13.6 Å². The molecule has 0 aliphatic rings. The van der Waals surface area contributed by atoms with Crippen LogP contribution in [0.3, 0.4) is 0 Å². The Kier molecular flexibility index (Phi) is 12.5. The Balaban J connectivity index is -0.000000270. The molecule has 0 amide bonds. The van der Waals surface area contributed by atoms with Gasteiger partial charge in [-0.2, -0.15) is 0 Å². The van der Waals surface area contributed by atoms with E-state index in [1.54, 1.807) is 0 Å². The highest BCUT2D eigenvalue weighted by atomic mass is 35.5. The zero-order valence-corrected chi connectivity index (χ0v) is 7.40. The summed E-state index contributed by atoms with van der Waals surface area (Å²) in [6, 6.07) is 7.55. The molecule has 3 nitrogen and oxygen atoms in total. The van der Waals surface area contributed by atoms with Crippen molar-refractivity contribution in [3.05, 3.63) is 29.8 Å². The van der Waals surface area contributed by atoms with Crippen LogP contribution in [0.2, 0.25) is 0 Å². The van der Waals surface area contributed by atoms with Crippen LogP contribution in [0.5, 0.6) is 0 Å². The van der Waals surface area contributed by atoms with Crippen LogP contribution in [-0.4, -0.2) is 18.8 Å². The molecule has 0 aromatic heterocycles. The van der Waals surface area contributed by atoms with E-state index in [-0.39, 0.29) is 23.4 Å². The van der Waals surface area contributed by atoms with E-state index < -0.39 is 0 Å². The normalized spacial score (nSPS) is 7.08. The standard InChI is InChI=1S/C7H8BN.ClH.2H2O/c8-7-3-1-6(5-9)2-4-7;;;/h1-4H,5,9H2;1H;2*1H2. The van der Waals surface area contributed by atoms with Crippen LogP contribution in [0.15, 0.2) is 24.3 Å². The first-order valence-corrected chi connectivity index (χ1v) is 2.87. The molecule has 6 N–H and O–H groups in total. The van der Waals surface area contributed by atoms with Gasteiger partial charge in [0.25, 0.3) is 0 Å². The van der Waals surface area contributed by atoms with Crippen molar-refractivity contribution < 1.29 is 11.0 Å². The monoisotopic (exact) mass is 189 g/mol. The molecule has 68 valence electrons. The van der Waals surface area contributed by atoms with Gasteiger partial charge in [0.15, 0.2) is 0 Å². The molecule has 0 heterocycles. The topological polar surface area (TPSA) is 89.0 Å². The van der Waals surface area contributed by atoms with Crippen molar-refractivity contribution in [3.63, 3.8) is 0 Å². The number of hydrogen-bond acceptors (Lipinski definition) is 1. The summed E-state index contributed by atoms with van der Waals surface area (Å²) in [5.41, 5.74) is 7.26. The summed E-state index contributed by atoms with van der Waals surface area (Å²) >= 11 is 0. The van der Waals surface area contributed by atoms with E-state index >= 15 is 0 Å². The second-order valence-corrected chi connectivity index (χ2v) is 1.95. The van der Waals surface area contributed by atoms with Crippen molar-refractivity contribution in [2.45, 2.75) is 6.54 Å². The van der Waals surface area contributed by atoms with Crippen LogP contribution in [0.25, 0.3) is 0 Å². The molecule has 1 rings (SSSR count). The number of benzene rings is 1. The maximum atomic E-state index is 5.44. The number of nitrogens with two attached hydrogens (primary N) is 1. The molecule has 0 unspecified atom stereocenters. The third kappa shape index (κ3) is 5.15. The lowest BCUT2D eigenvalue weighted by molar-refractivity contribution is 0.823. The zero-order chi connectivity index (χ0) is 6.69. The van der Waals surface area contributed by atoms with E-state index in [9.17, 15) is 0 Å². The Labute approximate surface area is 79.4 Å². The molecule has 0 fully saturated rings. The van der Waals surface area contributed by atoms with Gasteiger partial charge in [-0.05, 0) is 5.56 Å². The van der Waals surface area contributed by atoms with Crippen LogP contribution in [0.1, 0.15) is 5.56 Å². The minimum Gasteiger partial charge on any atom is -0.412 e. The number of rotatable bonds is 1. The van der Waals surface area contributed by atoms with Crippen LogP contribution in [0, 0.1) is 0 Å². The summed E-state index contributed by atoms with van der Waals surface area (Å²) in [6.07, 6.45) is 0. The fourth-order valence-corrected chi connectivity index (χ4v) is 0.654.